The van der Waals surface area contributed by atoms with E-state index >= 15 is 0 Å². The summed E-state index contributed by atoms with van der Waals surface area (Å²) >= 11 is 1.58. The second kappa shape index (κ2) is 6.51. The van der Waals surface area contributed by atoms with Crippen molar-refractivity contribution in [3.05, 3.63) is 18.5 Å². The molecule has 3 heterocycles. The van der Waals surface area contributed by atoms with Gasteiger partial charge in [0.05, 0.1) is 24.2 Å². The molecular formula is C14H20N4O2S. The van der Waals surface area contributed by atoms with Crippen LogP contribution in [0.3, 0.4) is 0 Å². The first-order valence-electron chi connectivity index (χ1n) is 7.36. The second-order valence-electron chi connectivity index (χ2n) is 5.53. The molecule has 2 aliphatic heterocycles. The number of carbonyl (C=O) groups excluding carboxylic acids is 2. The maximum absolute atomic E-state index is 12.5. The lowest BCUT2D eigenvalue weighted by Gasteiger charge is -2.36. The molecule has 6 nitrogen and oxygen atoms in total. The topological polar surface area (TPSA) is 58.4 Å². The van der Waals surface area contributed by atoms with Crippen molar-refractivity contribution in [2.75, 3.05) is 24.7 Å². The Labute approximate surface area is 128 Å². The van der Waals surface area contributed by atoms with Crippen molar-refractivity contribution < 1.29 is 9.59 Å². The van der Waals surface area contributed by atoms with Crippen molar-refractivity contribution in [2.24, 2.45) is 0 Å². The first-order valence-corrected chi connectivity index (χ1v) is 8.52. The number of hydrogen-bond donors (Lipinski definition) is 0. The van der Waals surface area contributed by atoms with Crippen LogP contribution in [0.5, 0.6) is 0 Å². The smallest absolute Gasteiger partial charge is 0.242 e. The number of piperidine rings is 1. The third-order valence-electron chi connectivity index (χ3n) is 4.06. The van der Waals surface area contributed by atoms with E-state index in [0.717, 1.165) is 32.4 Å². The van der Waals surface area contributed by atoms with Crippen LogP contribution in [0.1, 0.15) is 19.3 Å². The van der Waals surface area contributed by atoms with Crippen molar-refractivity contribution in [3.8, 4) is 0 Å². The van der Waals surface area contributed by atoms with Crippen LogP contribution in [0.15, 0.2) is 18.5 Å². The van der Waals surface area contributed by atoms with Gasteiger partial charge in [-0.05, 0) is 25.3 Å². The van der Waals surface area contributed by atoms with Gasteiger partial charge in [0.15, 0.2) is 0 Å². The van der Waals surface area contributed by atoms with Gasteiger partial charge in [0.1, 0.15) is 6.54 Å². The molecule has 2 amide bonds. The second-order valence-corrected chi connectivity index (χ2v) is 6.49. The maximum atomic E-state index is 12.5. The molecular weight excluding hydrogens is 288 g/mol. The minimum atomic E-state index is 0.0720. The van der Waals surface area contributed by atoms with Crippen LogP contribution in [0, 0.1) is 0 Å². The number of carbonyl (C=O) groups is 2. The van der Waals surface area contributed by atoms with Crippen molar-refractivity contribution in [1.29, 1.82) is 0 Å². The molecule has 114 valence electrons. The van der Waals surface area contributed by atoms with E-state index in [-0.39, 0.29) is 24.4 Å². The summed E-state index contributed by atoms with van der Waals surface area (Å²) in [5, 5.41) is 4.23. The minimum Gasteiger partial charge on any atom is -0.336 e. The van der Waals surface area contributed by atoms with Crippen molar-refractivity contribution in [3.63, 3.8) is 0 Å². The van der Waals surface area contributed by atoms with E-state index in [1.165, 1.54) is 0 Å². The van der Waals surface area contributed by atoms with Gasteiger partial charge in [-0.3, -0.25) is 14.3 Å². The molecule has 0 aromatic carbocycles. The summed E-state index contributed by atoms with van der Waals surface area (Å²) < 4.78 is 1.88. The molecule has 2 fully saturated rings. The first kappa shape index (κ1) is 14.4. The van der Waals surface area contributed by atoms with Crippen LogP contribution in [0.2, 0.25) is 0 Å². The Morgan fingerprint density at radius 2 is 2.33 bits per heavy atom. The summed E-state index contributed by atoms with van der Waals surface area (Å²) in [4.78, 5) is 27.8. The molecule has 1 unspecified atom stereocenters. The van der Waals surface area contributed by atoms with Gasteiger partial charge in [-0.15, -0.1) is 11.8 Å². The highest BCUT2D eigenvalue weighted by atomic mass is 32.2. The van der Waals surface area contributed by atoms with Crippen molar-refractivity contribution in [2.45, 2.75) is 31.8 Å². The number of likely N-dealkylation sites (tertiary alicyclic amines) is 1. The maximum Gasteiger partial charge on any atom is 0.242 e. The Bertz CT molecular complexity index is 505. The summed E-state index contributed by atoms with van der Waals surface area (Å²) in [6.07, 6.45) is 6.89. The number of rotatable bonds is 4. The Kier molecular flexibility index (Phi) is 4.48. The van der Waals surface area contributed by atoms with E-state index < -0.39 is 0 Å². The lowest BCUT2D eigenvalue weighted by atomic mass is 10.0. The fourth-order valence-electron chi connectivity index (χ4n) is 2.94. The van der Waals surface area contributed by atoms with Crippen LogP contribution < -0.4 is 0 Å². The van der Waals surface area contributed by atoms with Crippen LogP contribution in [-0.2, 0) is 16.1 Å². The van der Waals surface area contributed by atoms with E-state index in [4.69, 9.17) is 0 Å². The molecule has 0 bridgehead atoms. The Balaban J connectivity index is 1.62. The molecule has 21 heavy (non-hydrogen) atoms. The van der Waals surface area contributed by atoms with E-state index in [9.17, 15) is 9.59 Å². The summed E-state index contributed by atoms with van der Waals surface area (Å²) in [6, 6.07) is 2.09. The van der Waals surface area contributed by atoms with Crippen LogP contribution in [-0.4, -0.2) is 62.2 Å². The summed E-state index contributed by atoms with van der Waals surface area (Å²) in [6.45, 7) is 1.75. The van der Waals surface area contributed by atoms with Gasteiger partial charge < -0.3 is 9.80 Å². The van der Waals surface area contributed by atoms with Gasteiger partial charge >= 0.3 is 0 Å². The third-order valence-corrected chi connectivity index (χ3v) is 5.00. The number of thioether (sulfide) groups is 1. The molecule has 1 aromatic heterocycles. The molecule has 1 atom stereocenters. The molecule has 3 rings (SSSR count). The van der Waals surface area contributed by atoms with Crippen LogP contribution in [0.4, 0.5) is 0 Å². The summed E-state index contributed by atoms with van der Waals surface area (Å²) in [7, 11) is 0. The number of nitrogens with zero attached hydrogens (tertiary/aromatic N) is 4. The average molecular weight is 308 g/mol. The van der Waals surface area contributed by atoms with Gasteiger partial charge in [-0.25, -0.2) is 0 Å². The Hall–Kier alpha value is -1.50. The monoisotopic (exact) mass is 308 g/mol. The SMILES string of the molecule is O=C1CSCN1CC(=O)N1CCCCC1Cn1cccn1. The molecule has 0 spiro atoms. The predicted octanol–water partition coefficient (Wildman–Crippen LogP) is 0.797. The van der Waals surface area contributed by atoms with Crippen LogP contribution in [0.25, 0.3) is 0 Å². The summed E-state index contributed by atoms with van der Waals surface area (Å²) in [5.74, 6) is 1.29. The fourth-order valence-corrected chi connectivity index (χ4v) is 3.84. The van der Waals surface area contributed by atoms with E-state index in [2.05, 4.69) is 5.10 Å². The molecule has 7 heteroatoms. The first-order chi connectivity index (χ1) is 10.2. The molecule has 2 aliphatic rings. The largest absolute Gasteiger partial charge is 0.336 e. The normalized spacial score (nSPS) is 22.9. The van der Waals surface area contributed by atoms with E-state index in [1.54, 1.807) is 22.9 Å². The zero-order chi connectivity index (χ0) is 14.7. The molecule has 0 N–H and O–H groups in total. The fraction of sp³-hybridized carbons (Fsp3) is 0.643. The van der Waals surface area contributed by atoms with Crippen LogP contribution >= 0.6 is 11.8 Å². The van der Waals surface area contributed by atoms with E-state index in [0.29, 0.717) is 11.6 Å². The molecule has 0 aliphatic carbocycles. The van der Waals surface area contributed by atoms with Gasteiger partial charge in [0.2, 0.25) is 11.8 Å². The minimum absolute atomic E-state index is 0.0720. The number of aromatic nitrogens is 2. The molecule has 2 saturated heterocycles. The number of hydrogen-bond acceptors (Lipinski definition) is 4. The third kappa shape index (κ3) is 3.40. The van der Waals surface area contributed by atoms with E-state index in [1.807, 2.05) is 21.8 Å². The van der Waals surface area contributed by atoms with Crippen molar-refractivity contribution in [1.82, 2.24) is 19.6 Å². The highest BCUT2D eigenvalue weighted by Crippen LogP contribution is 2.20. The molecule has 0 saturated carbocycles. The zero-order valence-electron chi connectivity index (χ0n) is 12.0. The molecule has 1 aromatic rings. The molecule has 0 radical (unpaired) electrons. The highest BCUT2D eigenvalue weighted by molar-refractivity contribution is 8.00. The quantitative estimate of drug-likeness (QED) is 0.825. The lowest BCUT2D eigenvalue weighted by Crippen LogP contribution is -2.49. The average Bonchev–Trinajstić information content (AvgIpc) is 3.12. The lowest BCUT2D eigenvalue weighted by molar-refractivity contribution is -0.140. The Morgan fingerprint density at radius 1 is 1.43 bits per heavy atom. The van der Waals surface area contributed by atoms with Gasteiger partial charge in [0.25, 0.3) is 0 Å². The number of amides is 2. The van der Waals surface area contributed by atoms with Gasteiger partial charge in [-0.2, -0.15) is 5.10 Å². The Morgan fingerprint density at radius 3 is 3.05 bits per heavy atom. The van der Waals surface area contributed by atoms with Gasteiger partial charge in [-0.1, -0.05) is 0 Å². The van der Waals surface area contributed by atoms with Gasteiger partial charge in [0, 0.05) is 18.9 Å². The summed E-state index contributed by atoms with van der Waals surface area (Å²) in [5.41, 5.74) is 0. The van der Waals surface area contributed by atoms with Crippen molar-refractivity contribution >= 4 is 23.6 Å². The predicted molar refractivity (Wildman–Crippen MR) is 80.6 cm³/mol. The standard InChI is InChI=1S/C14H20N4O2S/c19-13(9-16-11-21-10-14(16)20)18-7-2-1-4-12(18)8-17-6-3-5-15-17/h3,5-6,12H,1-2,4,7-11H2. The zero-order valence-corrected chi connectivity index (χ0v) is 12.8. The highest BCUT2D eigenvalue weighted by Gasteiger charge is 2.30.